The SMILES string of the molecule is Cc1nc(Cl)ccc1NC(=O)CC1CCCN1. The number of aryl methyl sites for hydroxylation is 1. The third-order valence-electron chi connectivity index (χ3n) is 2.92. The van der Waals surface area contributed by atoms with Crippen LogP contribution in [0.25, 0.3) is 0 Å². The maximum atomic E-state index is 11.8. The van der Waals surface area contributed by atoms with Gasteiger partial charge in [-0.3, -0.25) is 4.79 Å². The van der Waals surface area contributed by atoms with Crippen molar-refractivity contribution >= 4 is 23.2 Å². The average molecular weight is 254 g/mol. The second-order valence-corrected chi connectivity index (χ2v) is 4.70. The van der Waals surface area contributed by atoms with E-state index in [9.17, 15) is 4.79 Å². The molecular weight excluding hydrogens is 238 g/mol. The molecule has 1 aliphatic heterocycles. The van der Waals surface area contributed by atoms with Crippen LogP contribution in [0.3, 0.4) is 0 Å². The highest BCUT2D eigenvalue weighted by Crippen LogP contribution is 2.17. The summed E-state index contributed by atoms with van der Waals surface area (Å²) in [5.41, 5.74) is 1.47. The first kappa shape index (κ1) is 12.3. The van der Waals surface area contributed by atoms with Crippen molar-refractivity contribution in [1.82, 2.24) is 10.3 Å². The molecule has 4 nitrogen and oxygen atoms in total. The second-order valence-electron chi connectivity index (χ2n) is 4.31. The van der Waals surface area contributed by atoms with Crippen LogP contribution in [0.2, 0.25) is 5.15 Å². The summed E-state index contributed by atoms with van der Waals surface area (Å²) in [6, 6.07) is 3.78. The van der Waals surface area contributed by atoms with Gasteiger partial charge in [0.2, 0.25) is 5.91 Å². The van der Waals surface area contributed by atoms with Crippen LogP contribution < -0.4 is 10.6 Å². The van der Waals surface area contributed by atoms with Gasteiger partial charge in [-0.15, -0.1) is 0 Å². The van der Waals surface area contributed by atoms with E-state index in [4.69, 9.17) is 11.6 Å². The molecule has 1 amide bonds. The molecule has 2 heterocycles. The zero-order valence-corrected chi connectivity index (χ0v) is 10.5. The highest BCUT2D eigenvalue weighted by Gasteiger charge is 2.18. The number of halogens is 1. The molecule has 1 aliphatic rings. The van der Waals surface area contributed by atoms with Gasteiger partial charge in [0, 0.05) is 12.5 Å². The molecule has 92 valence electrons. The van der Waals surface area contributed by atoms with Gasteiger partial charge >= 0.3 is 0 Å². The zero-order chi connectivity index (χ0) is 12.3. The normalized spacial score (nSPS) is 19.3. The van der Waals surface area contributed by atoms with Crippen molar-refractivity contribution in [3.8, 4) is 0 Å². The Morgan fingerprint density at radius 2 is 2.47 bits per heavy atom. The van der Waals surface area contributed by atoms with Gasteiger partial charge in [-0.2, -0.15) is 0 Å². The van der Waals surface area contributed by atoms with E-state index in [2.05, 4.69) is 15.6 Å². The summed E-state index contributed by atoms with van der Waals surface area (Å²) >= 11 is 5.76. The van der Waals surface area contributed by atoms with Crippen molar-refractivity contribution in [1.29, 1.82) is 0 Å². The number of carbonyl (C=O) groups excluding carboxylic acids is 1. The number of pyridine rings is 1. The summed E-state index contributed by atoms with van der Waals surface area (Å²) in [5, 5.41) is 6.61. The van der Waals surface area contributed by atoms with Gasteiger partial charge in [-0.1, -0.05) is 11.6 Å². The van der Waals surface area contributed by atoms with Crippen LogP contribution in [0.5, 0.6) is 0 Å². The lowest BCUT2D eigenvalue weighted by atomic mass is 10.1. The minimum Gasteiger partial charge on any atom is -0.324 e. The predicted octanol–water partition coefficient (Wildman–Crippen LogP) is 2.12. The predicted molar refractivity (Wildman–Crippen MR) is 68.3 cm³/mol. The maximum Gasteiger partial charge on any atom is 0.225 e. The van der Waals surface area contributed by atoms with Crippen LogP contribution in [0.15, 0.2) is 12.1 Å². The Kier molecular flexibility index (Phi) is 3.97. The Hall–Kier alpha value is -1.13. The van der Waals surface area contributed by atoms with E-state index < -0.39 is 0 Å². The number of amides is 1. The number of rotatable bonds is 3. The van der Waals surface area contributed by atoms with E-state index >= 15 is 0 Å². The average Bonchev–Trinajstić information content (AvgIpc) is 2.75. The number of carbonyl (C=O) groups is 1. The molecule has 1 saturated heterocycles. The van der Waals surface area contributed by atoms with Crippen molar-refractivity contribution in [3.05, 3.63) is 23.0 Å². The smallest absolute Gasteiger partial charge is 0.225 e. The van der Waals surface area contributed by atoms with Gasteiger partial charge in [0.05, 0.1) is 11.4 Å². The summed E-state index contributed by atoms with van der Waals surface area (Å²) in [6.45, 7) is 2.84. The Morgan fingerprint density at radius 3 is 3.12 bits per heavy atom. The molecule has 17 heavy (non-hydrogen) atoms. The molecule has 1 aromatic rings. The van der Waals surface area contributed by atoms with Crippen molar-refractivity contribution in [2.45, 2.75) is 32.2 Å². The first-order valence-corrected chi connectivity index (χ1v) is 6.19. The number of nitrogens with one attached hydrogen (secondary N) is 2. The topological polar surface area (TPSA) is 54.0 Å². The number of nitrogens with zero attached hydrogens (tertiary/aromatic N) is 1. The van der Waals surface area contributed by atoms with E-state index in [-0.39, 0.29) is 5.91 Å². The molecule has 2 rings (SSSR count). The van der Waals surface area contributed by atoms with Crippen LogP contribution >= 0.6 is 11.6 Å². The van der Waals surface area contributed by atoms with Gasteiger partial charge in [0.15, 0.2) is 0 Å². The fourth-order valence-electron chi connectivity index (χ4n) is 2.02. The molecule has 0 aliphatic carbocycles. The van der Waals surface area contributed by atoms with Gasteiger partial charge in [-0.05, 0) is 38.4 Å². The summed E-state index contributed by atoms with van der Waals surface area (Å²) in [7, 11) is 0. The number of anilines is 1. The molecule has 1 aromatic heterocycles. The van der Waals surface area contributed by atoms with Crippen LogP contribution in [-0.2, 0) is 4.79 Å². The molecule has 2 N–H and O–H groups in total. The highest BCUT2D eigenvalue weighted by atomic mass is 35.5. The minimum atomic E-state index is 0.0247. The molecule has 5 heteroatoms. The lowest BCUT2D eigenvalue weighted by Crippen LogP contribution is -2.27. The van der Waals surface area contributed by atoms with Gasteiger partial charge < -0.3 is 10.6 Å². The van der Waals surface area contributed by atoms with E-state index in [0.717, 1.165) is 30.8 Å². The maximum absolute atomic E-state index is 11.8. The van der Waals surface area contributed by atoms with Gasteiger partial charge in [0.25, 0.3) is 0 Å². The van der Waals surface area contributed by atoms with Gasteiger partial charge in [0.1, 0.15) is 5.15 Å². The third kappa shape index (κ3) is 3.41. The summed E-state index contributed by atoms with van der Waals surface area (Å²) in [5.74, 6) is 0.0247. The lowest BCUT2D eigenvalue weighted by Gasteiger charge is -2.11. The molecule has 1 unspecified atom stereocenters. The minimum absolute atomic E-state index is 0.0247. The molecular formula is C12H16ClN3O. The molecule has 1 atom stereocenters. The van der Waals surface area contributed by atoms with Crippen LogP contribution in [0.4, 0.5) is 5.69 Å². The van der Waals surface area contributed by atoms with Crippen LogP contribution in [0, 0.1) is 6.92 Å². The quantitative estimate of drug-likeness (QED) is 0.812. The second kappa shape index (κ2) is 5.47. The summed E-state index contributed by atoms with van der Waals surface area (Å²) in [4.78, 5) is 15.9. The first-order valence-electron chi connectivity index (χ1n) is 5.81. The van der Waals surface area contributed by atoms with Crippen molar-refractivity contribution in [3.63, 3.8) is 0 Å². The first-order chi connectivity index (χ1) is 8.15. The van der Waals surface area contributed by atoms with Crippen LogP contribution in [-0.4, -0.2) is 23.5 Å². The monoisotopic (exact) mass is 253 g/mol. The van der Waals surface area contributed by atoms with Gasteiger partial charge in [-0.25, -0.2) is 4.98 Å². The molecule has 0 aromatic carbocycles. The molecule has 1 fully saturated rings. The van der Waals surface area contributed by atoms with Crippen molar-refractivity contribution in [2.24, 2.45) is 0 Å². The van der Waals surface area contributed by atoms with E-state index in [1.54, 1.807) is 12.1 Å². The fraction of sp³-hybridized carbons (Fsp3) is 0.500. The van der Waals surface area contributed by atoms with E-state index in [1.807, 2.05) is 6.92 Å². The van der Waals surface area contributed by atoms with Crippen molar-refractivity contribution in [2.75, 3.05) is 11.9 Å². The standard InChI is InChI=1S/C12H16ClN3O/c1-8-10(4-5-11(13)15-8)16-12(17)7-9-3-2-6-14-9/h4-5,9,14H,2-3,6-7H2,1H3,(H,16,17). The summed E-state index contributed by atoms with van der Waals surface area (Å²) < 4.78 is 0. The zero-order valence-electron chi connectivity index (χ0n) is 9.79. The number of aromatic nitrogens is 1. The molecule has 0 saturated carbocycles. The Morgan fingerprint density at radius 1 is 1.65 bits per heavy atom. The largest absolute Gasteiger partial charge is 0.324 e. The Bertz CT molecular complexity index is 416. The van der Waals surface area contributed by atoms with E-state index in [0.29, 0.717) is 17.6 Å². The Balaban J connectivity index is 1.93. The molecule has 0 spiro atoms. The number of hydrogen-bond donors (Lipinski definition) is 2. The molecule has 0 radical (unpaired) electrons. The summed E-state index contributed by atoms with van der Waals surface area (Å²) in [6.07, 6.45) is 2.74. The van der Waals surface area contributed by atoms with Crippen molar-refractivity contribution < 1.29 is 4.79 Å². The third-order valence-corrected chi connectivity index (χ3v) is 3.13. The fourth-order valence-corrected chi connectivity index (χ4v) is 2.21. The lowest BCUT2D eigenvalue weighted by molar-refractivity contribution is -0.116. The Labute approximate surface area is 106 Å². The number of hydrogen-bond acceptors (Lipinski definition) is 3. The molecule has 0 bridgehead atoms. The van der Waals surface area contributed by atoms with Crippen LogP contribution in [0.1, 0.15) is 25.0 Å². The highest BCUT2D eigenvalue weighted by molar-refractivity contribution is 6.29. The van der Waals surface area contributed by atoms with E-state index in [1.165, 1.54) is 0 Å².